The largest absolute Gasteiger partial charge is 0.495 e. The van der Waals surface area contributed by atoms with E-state index in [1.807, 2.05) is 0 Å². The number of hydrogen-bond donors (Lipinski definition) is 1. The smallest absolute Gasteiger partial charge is 0.248 e. The van der Waals surface area contributed by atoms with Gasteiger partial charge in [0.25, 0.3) is 0 Å². The minimum atomic E-state index is -0.339. The predicted octanol–water partition coefficient (Wildman–Crippen LogP) is 5.32. The van der Waals surface area contributed by atoms with Crippen molar-refractivity contribution in [2.45, 2.75) is 0 Å². The first-order chi connectivity index (χ1) is 11.4. The highest BCUT2D eigenvalue weighted by Crippen LogP contribution is 2.33. The molecule has 0 aromatic heterocycles. The minimum Gasteiger partial charge on any atom is -0.495 e. The average molecular weight is 387 g/mol. The molecule has 0 atom stereocenters. The van der Waals surface area contributed by atoms with E-state index in [0.29, 0.717) is 37.8 Å². The Labute approximate surface area is 154 Å². The summed E-state index contributed by atoms with van der Waals surface area (Å²) in [6.07, 6.45) is 2.92. The molecule has 2 aromatic carbocycles. The van der Waals surface area contributed by atoms with Crippen LogP contribution in [0.4, 0.5) is 5.69 Å². The zero-order valence-electron chi connectivity index (χ0n) is 12.9. The Kier molecular flexibility index (Phi) is 6.37. The number of carbonyl (C=O) groups is 1. The number of methoxy groups -OCH3 is 2. The van der Waals surface area contributed by atoms with Crippen LogP contribution in [0.15, 0.2) is 36.4 Å². The van der Waals surface area contributed by atoms with Crippen molar-refractivity contribution < 1.29 is 14.3 Å². The van der Waals surface area contributed by atoms with Gasteiger partial charge in [-0.2, -0.15) is 0 Å². The molecule has 126 valence electrons. The number of hydrogen-bond acceptors (Lipinski definition) is 3. The fourth-order valence-corrected chi connectivity index (χ4v) is 2.86. The zero-order chi connectivity index (χ0) is 17.7. The van der Waals surface area contributed by atoms with E-state index in [2.05, 4.69) is 5.32 Å². The molecule has 0 saturated heterocycles. The Morgan fingerprint density at radius 3 is 2.42 bits per heavy atom. The molecule has 1 N–H and O–H groups in total. The van der Waals surface area contributed by atoms with Crippen molar-refractivity contribution in [1.29, 1.82) is 0 Å². The number of rotatable bonds is 5. The number of halogens is 3. The van der Waals surface area contributed by atoms with Crippen molar-refractivity contribution in [3.8, 4) is 11.5 Å². The van der Waals surface area contributed by atoms with Crippen molar-refractivity contribution in [2.75, 3.05) is 19.5 Å². The van der Waals surface area contributed by atoms with Gasteiger partial charge in [0.05, 0.1) is 24.3 Å². The third kappa shape index (κ3) is 4.57. The third-order valence-corrected chi connectivity index (χ3v) is 3.87. The molecule has 0 aliphatic carbocycles. The monoisotopic (exact) mass is 385 g/mol. The number of carbonyl (C=O) groups excluding carboxylic acids is 1. The molecular formula is C17H14Cl3NO3. The van der Waals surface area contributed by atoms with Gasteiger partial charge >= 0.3 is 0 Å². The molecule has 0 saturated carbocycles. The molecule has 0 aliphatic rings. The van der Waals surface area contributed by atoms with Crippen LogP contribution in [0.25, 0.3) is 6.08 Å². The molecule has 2 aromatic rings. The molecule has 4 nitrogen and oxygen atoms in total. The lowest BCUT2D eigenvalue weighted by Crippen LogP contribution is -2.07. The summed E-state index contributed by atoms with van der Waals surface area (Å²) < 4.78 is 10.3. The zero-order valence-corrected chi connectivity index (χ0v) is 15.2. The molecular weight excluding hydrogens is 373 g/mol. The van der Waals surface area contributed by atoms with Gasteiger partial charge in [0.2, 0.25) is 5.91 Å². The molecule has 1 amide bonds. The highest BCUT2D eigenvalue weighted by molar-refractivity contribution is 6.36. The van der Waals surface area contributed by atoms with Crippen molar-refractivity contribution >= 4 is 52.5 Å². The summed E-state index contributed by atoms with van der Waals surface area (Å²) in [6.45, 7) is 0. The second-order valence-corrected chi connectivity index (χ2v) is 5.93. The van der Waals surface area contributed by atoms with Crippen LogP contribution in [0.5, 0.6) is 11.5 Å². The Morgan fingerprint density at radius 2 is 1.79 bits per heavy atom. The van der Waals surface area contributed by atoms with Crippen molar-refractivity contribution in [2.24, 2.45) is 0 Å². The van der Waals surface area contributed by atoms with Gasteiger partial charge < -0.3 is 14.8 Å². The minimum absolute atomic E-state index is 0.339. The number of ether oxygens (including phenoxy) is 2. The summed E-state index contributed by atoms with van der Waals surface area (Å²) in [5, 5.41) is 3.92. The molecule has 0 radical (unpaired) electrons. The maximum Gasteiger partial charge on any atom is 0.248 e. The topological polar surface area (TPSA) is 47.6 Å². The summed E-state index contributed by atoms with van der Waals surface area (Å²) in [5.41, 5.74) is 1.14. The first-order valence-corrected chi connectivity index (χ1v) is 7.93. The van der Waals surface area contributed by atoms with Gasteiger partial charge in [0.1, 0.15) is 11.5 Å². The molecule has 0 bridgehead atoms. The number of anilines is 1. The van der Waals surface area contributed by atoms with Crippen molar-refractivity contribution in [3.05, 3.63) is 57.0 Å². The Balaban J connectivity index is 2.15. The number of amides is 1. The van der Waals surface area contributed by atoms with Crippen LogP contribution in [0.2, 0.25) is 15.1 Å². The van der Waals surface area contributed by atoms with E-state index in [-0.39, 0.29) is 5.91 Å². The normalized spacial score (nSPS) is 10.7. The van der Waals surface area contributed by atoms with Crippen LogP contribution >= 0.6 is 34.8 Å². The van der Waals surface area contributed by atoms with Crippen LogP contribution in [0.1, 0.15) is 5.56 Å². The lowest BCUT2D eigenvalue weighted by molar-refractivity contribution is -0.111. The van der Waals surface area contributed by atoms with Crippen molar-refractivity contribution in [1.82, 2.24) is 0 Å². The first kappa shape index (κ1) is 18.5. The molecule has 0 aliphatic heterocycles. The summed E-state index contributed by atoms with van der Waals surface area (Å²) in [6, 6.07) is 8.18. The fourth-order valence-electron chi connectivity index (χ4n) is 2.01. The summed E-state index contributed by atoms with van der Waals surface area (Å²) >= 11 is 18.0. The molecule has 0 heterocycles. The van der Waals surface area contributed by atoms with Crippen LogP contribution in [-0.2, 0) is 4.79 Å². The van der Waals surface area contributed by atoms with Crippen LogP contribution < -0.4 is 14.8 Å². The average Bonchev–Trinajstić information content (AvgIpc) is 2.52. The van der Waals surface area contributed by atoms with Gasteiger partial charge in [0.15, 0.2) is 0 Å². The fraction of sp³-hybridized carbons (Fsp3) is 0.118. The van der Waals surface area contributed by atoms with Gasteiger partial charge in [-0.1, -0.05) is 34.8 Å². The summed E-state index contributed by atoms with van der Waals surface area (Å²) in [7, 11) is 3.01. The maximum absolute atomic E-state index is 12.0. The number of nitrogens with one attached hydrogen (secondary N) is 1. The standard InChI is InChI=1S/C17H14Cl3NO3/c1-23-15-5-4-12(9-13(15)19)21-16(22)6-3-10-7-11(18)8-14(20)17(10)24-2/h3-9H,1-2H3,(H,21,22). The van der Waals surface area contributed by atoms with Crippen LogP contribution in [0, 0.1) is 0 Å². The Hall–Kier alpha value is -1.88. The number of benzene rings is 2. The first-order valence-electron chi connectivity index (χ1n) is 6.80. The molecule has 0 fully saturated rings. The maximum atomic E-state index is 12.0. The van der Waals surface area contributed by atoms with E-state index in [0.717, 1.165) is 0 Å². The van der Waals surface area contributed by atoms with E-state index >= 15 is 0 Å². The quantitative estimate of drug-likeness (QED) is 0.708. The van der Waals surface area contributed by atoms with Gasteiger partial charge in [-0.15, -0.1) is 0 Å². The third-order valence-electron chi connectivity index (χ3n) is 3.07. The highest BCUT2D eigenvalue weighted by Gasteiger charge is 2.08. The Morgan fingerprint density at radius 1 is 1.04 bits per heavy atom. The second-order valence-electron chi connectivity index (χ2n) is 4.68. The molecule has 2 rings (SSSR count). The van der Waals surface area contributed by atoms with E-state index in [9.17, 15) is 4.79 Å². The summed E-state index contributed by atoms with van der Waals surface area (Å²) in [5.74, 6) is 0.635. The van der Waals surface area contributed by atoms with E-state index in [4.69, 9.17) is 44.3 Å². The molecule has 24 heavy (non-hydrogen) atoms. The SMILES string of the molecule is COc1ccc(NC(=O)C=Cc2cc(Cl)cc(Cl)c2OC)cc1Cl. The van der Waals surface area contributed by atoms with Gasteiger partial charge in [-0.05, 0) is 36.4 Å². The molecule has 7 heteroatoms. The lowest BCUT2D eigenvalue weighted by atomic mass is 10.2. The van der Waals surface area contributed by atoms with Crippen LogP contribution in [0.3, 0.4) is 0 Å². The van der Waals surface area contributed by atoms with Gasteiger partial charge in [-0.3, -0.25) is 4.79 Å². The predicted molar refractivity (Wildman–Crippen MR) is 98.7 cm³/mol. The second kappa shape index (κ2) is 8.29. The van der Waals surface area contributed by atoms with Gasteiger partial charge in [-0.25, -0.2) is 0 Å². The highest BCUT2D eigenvalue weighted by atomic mass is 35.5. The van der Waals surface area contributed by atoms with Gasteiger partial charge in [0, 0.05) is 22.3 Å². The van der Waals surface area contributed by atoms with Crippen LogP contribution in [-0.4, -0.2) is 20.1 Å². The van der Waals surface area contributed by atoms with Crippen molar-refractivity contribution in [3.63, 3.8) is 0 Å². The van der Waals surface area contributed by atoms with E-state index in [1.54, 1.807) is 36.4 Å². The van der Waals surface area contributed by atoms with E-state index < -0.39 is 0 Å². The summed E-state index contributed by atoms with van der Waals surface area (Å²) in [4.78, 5) is 12.0. The lowest BCUT2D eigenvalue weighted by Gasteiger charge is -2.08. The Bertz CT molecular complexity index is 791. The van der Waals surface area contributed by atoms with E-state index in [1.165, 1.54) is 20.3 Å². The molecule has 0 unspecified atom stereocenters. The molecule has 0 spiro atoms.